The van der Waals surface area contributed by atoms with Gasteiger partial charge in [-0.1, -0.05) is 30.3 Å². The van der Waals surface area contributed by atoms with E-state index >= 15 is 0 Å². The minimum absolute atomic E-state index is 0.0261. The van der Waals surface area contributed by atoms with Gasteiger partial charge in [-0.25, -0.2) is 0 Å². The van der Waals surface area contributed by atoms with Crippen LogP contribution in [0, 0.1) is 5.92 Å². The Morgan fingerprint density at radius 1 is 1.17 bits per heavy atom. The van der Waals surface area contributed by atoms with Gasteiger partial charge in [0.2, 0.25) is 0 Å². The van der Waals surface area contributed by atoms with Gasteiger partial charge >= 0.3 is 0 Å². The highest BCUT2D eigenvalue weighted by atomic mass is 16.3. The summed E-state index contributed by atoms with van der Waals surface area (Å²) in [4.78, 5) is 12.9. The summed E-state index contributed by atoms with van der Waals surface area (Å²) in [5.74, 6) is 0.535. The van der Waals surface area contributed by atoms with E-state index in [1.54, 1.807) is 10.9 Å². The summed E-state index contributed by atoms with van der Waals surface area (Å²) in [5, 5.41) is 18.7. The Morgan fingerprint density at radius 2 is 2.00 bits per heavy atom. The lowest BCUT2D eigenvalue weighted by molar-refractivity contribution is 0.0940. The molecule has 4 rings (SSSR count). The lowest BCUT2D eigenvalue weighted by Gasteiger charge is -2.15. The van der Waals surface area contributed by atoms with E-state index in [0.29, 0.717) is 18.5 Å². The molecule has 0 fully saturated rings. The molecule has 1 amide bonds. The van der Waals surface area contributed by atoms with Gasteiger partial charge in [-0.2, -0.15) is 5.10 Å². The number of fused-ring (bicyclic) bond motifs is 1. The number of nitrogens with one attached hydrogen (secondary N) is 1. The molecule has 0 saturated heterocycles. The Kier molecular flexibility index (Phi) is 5.44. The average molecular weight is 389 g/mol. The summed E-state index contributed by atoms with van der Waals surface area (Å²) in [6.07, 6.45) is 5.97. The maximum Gasteiger partial charge on any atom is 0.251 e. The van der Waals surface area contributed by atoms with Gasteiger partial charge in [0, 0.05) is 49.9 Å². The maximum absolute atomic E-state index is 12.9. The lowest BCUT2D eigenvalue weighted by Crippen LogP contribution is -2.31. The molecule has 148 valence electrons. The summed E-state index contributed by atoms with van der Waals surface area (Å²) in [6, 6.07) is 15.4. The summed E-state index contributed by atoms with van der Waals surface area (Å²) in [5.41, 5.74) is 2.66. The molecule has 2 N–H and O–H groups in total. The molecule has 0 aliphatic heterocycles. The number of rotatable bonds is 7. The van der Waals surface area contributed by atoms with Crippen LogP contribution in [0.15, 0.2) is 71.6 Å². The number of amides is 1. The predicted octanol–water partition coefficient (Wildman–Crippen LogP) is 3.41. The van der Waals surface area contributed by atoms with Crippen molar-refractivity contribution in [2.75, 3.05) is 13.2 Å². The molecule has 29 heavy (non-hydrogen) atoms. The Hall–Kier alpha value is -3.38. The minimum atomic E-state index is -0.156. The van der Waals surface area contributed by atoms with E-state index in [4.69, 9.17) is 4.42 Å². The van der Waals surface area contributed by atoms with E-state index in [1.165, 1.54) is 0 Å². The molecular formula is C23H23N3O3. The zero-order valence-electron chi connectivity index (χ0n) is 16.2. The lowest BCUT2D eigenvalue weighted by atomic mass is 9.96. The highest BCUT2D eigenvalue weighted by Crippen LogP contribution is 2.30. The third-order valence-electron chi connectivity index (χ3n) is 5.06. The van der Waals surface area contributed by atoms with Crippen LogP contribution in [0.3, 0.4) is 0 Å². The van der Waals surface area contributed by atoms with Crippen molar-refractivity contribution in [3.63, 3.8) is 0 Å². The third-order valence-corrected chi connectivity index (χ3v) is 5.06. The van der Waals surface area contributed by atoms with Crippen LogP contribution >= 0.6 is 0 Å². The predicted molar refractivity (Wildman–Crippen MR) is 111 cm³/mol. The van der Waals surface area contributed by atoms with Crippen molar-refractivity contribution in [3.05, 3.63) is 78.5 Å². The van der Waals surface area contributed by atoms with Gasteiger partial charge in [-0.15, -0.1) is 0 Å². The van der Waals surface area contributed by atoms with Crippen molar-refractivity contribution >= 4 is 16.7 Å². The van der Waals surface area contributed by atoms with Crippen molar-refractivity contribution in [1.29, 1.82) is 0 Å². The molecule has 6 nitrogen and oxygen atoms in total. The van der Waals surface area contributed by atoms with Crippen LogP contribution in [0.1, 0.15) is 16.1 Å². The molecule has 0 spiro atoms. The fraction of sp³-hybridized carbons (Fsp3) is 0.217. The molecule has 0 radical (unpaired) electrons. The molecule has 0 aliphatic rings. The van der Waals surface area contributed by atoms with E-state index in [1.807, 2.05) is 68.0 Å². The topological polar surface area (TPSA) is 80.3 Å². The zero-order valence-corrected chi connectivity index (χ0v) is 16.2. The Morgan fingerprint density at radius 3 is 2.69 bits per heavy atom. The molecule has 6 heteroatoms. The van der Waals surface area contributed by atoms with Gasteiger partial charge in [0.25, 0.3) is 5.91 Å². The zero-order chi connectivity index (χ0) is 20.2. The molecule has 1 unspecified atom stereocenters. The second-order valence-electron chi connectivity index (χ2n) is 7.15. The van der Waals surface area contributed by atoms with Crippen LogP contribution in [0.4, 0.5) is 0 Å². The van der Waals surface area contributed by atoms with Crippen LogP contribution in [0.2, 0.25) is 0 Å². The normalized spacial score (nSPS) is 12.2. The van der Waals surface area contributed by atoms with Crippen molar-refractivity contribution in [3.8, 4) is 11.1 Å². The summed E-state index contributed by atoms with van der Waals surface area (Å²) in [6.45, 7) is 0.344. The number of hydrogen-bond donors (Lipinski definition) is 2. The van der Waals surface area contributed by atoms with Gasteiger partial charge in [0.15, 0.2) is 0 Å². The van der Waals surface area contributed by atoms with E-state index in [-0.39, 0.29) is 18.4 Å². The Balaban J connectivity index is 1.56. The number of benzene rings is 2. The molecule has 2 aromatic heterocycles. The minimum Gasteiger partial charge on any atom is -0.469 e. The summed E-state index contributed by atoms with van der Waals surface area (Å²) >= 11 is 0. The van der Waals surface area contributed by atoms with Crippen LogP contribution in [0.5, 0.6) is 0 Å². The number of furan rings is 1. The van der Waals surface area contributed by atoms with Crippen LogP contribution in [-0.2, 0) is 13.5 Å². The molecule has 1 atom stereocenters. The number of aryl methyl sites for hydroxylation is 1. The smallest absolute Gasteiger partial charge is 0.251 e. The molecule has 0 saturated carbocycles. The fourth-order valence-corrected chi connectivity index (χ4v) is 3.56. The second-order valence-corrected chi connectivity index (χ2v) is 7.15. The number of aliphatic hydroxyl groups excluding tert-OH is 1. The van der Waals surface area contributed by atoms with Gasteiger partial charge in [0.1, 0.15) is 5.76 Å². The van der Waals surface area contributed by atoms with Gasteiger partial charge in [-0.05, 0) is 34.5 Å². The number of aliphatic hydroxyl groups is 1. The van der Waals surface area contributed by atoms with E-state index < -0.39 is 0 Å². The highest BCUT2D eigenvalue weighted by Gasteiger charge is 2.16. The van der Waals surface area contributed by atoms with Crippen molar-refractivity contribution < 1.29 is 14.3 Å². The molecular weight excluding hydrogens is 366 g/mol. The Labute approximate surface area is 168 Å². The standard InChI is InChI=1S/C23H23N3O3/c1-26-14-17(13-25-26)19-8-9-22(21-7-3-2-6-20(19)21)23(28)24-12-16(15-27)11-18-5-4-10-29-18/h2-10,13-14,16,27H,11-12,15H2,1H3,(H,24,28). The van der Waals surface area contributed by atoms with Crippen molar-refractivity contribution in [1.82, 2.24) is 15.1 Å². The first-order valence-corrected chi connectivity index (χ1v) is 9.58. The second kappa shape index (κ2) is 8.32. The van der Waals surface area contributed by atoms with Crippen LogP contribution in [0.25, 0.3) is 21.9 Å². The molecule has 0 bridgehead atoms. The molecule has 2 aromatic carbocycles. The van der Waals surface area contributed by atoms with Gasteiger partial charge in [-0.3, -0.25) is 9.48 Å². The largest absolute Gasteiger partial charge is 0.469 e. The SMILES string of the molecule is Cn1cc(-c2ccc(C(=O)NCC(CO)Cc3ccco3)c3ccccc23)cn1. The molecule has 0 aliphatic carbocycles. The first kappa shape index (κ1) is 19.0. The number of carbonyl (C=O) groups is 1. The third kappa shape index (κ3) is 4.07. The molecule has 4 aromatic rings. The number of carbonyl (C=O) groups excluding carboxylic acids is 1. The van der Waals surface area contributed by atoms with Crippen LogP contribution in [-0.4, -0.2) is 33.9 Å². The number of hydrogen-bond acceptors (Lipinski definition) is 4. The first-order chi connectivity index (χ1) is 14.2. The summed E-state index contributed by atoms with van der Waals surface area (Å²) < 4.78 is 7.10. The van der Waals surface area contributed by atoms with Gasteiger partial charge in [0.05, 0.1) is 12.5 Å². The van der Waals surface area contributed by atoms with Crippen LogP contribution < -0.4 is 5.32 Å². The molecule has 2 heterocycles. The van der Waals surface area contributed by atoms with E-state index in [2.05, 4.69) is 10.4 Å². The van der Waals surface area contributed by atoms with Crippen molar-refractivity contribution in [2.45, 2.75) is 6.42 Å². The van der Waals surface area contributed by atoms with E-state index in [9.17, 15) is 9.90 Å². The highest BCUT2D eigenvalue weighted by molar-refractivity contribution is 6.10. The van der Waals surface area contributed by atoms with Gasteiger partial charge < -0.3 is 14.8 Å². The average Bonchev–Trinajstić information content (AvgIpc) is 3.41. The fourth-order valence-electron chi connectivity index (χ4n) is 3.56. The Bertz CT molecular complexity index is 1120. The monoisotopic (exact) mass is 389 g/mol. The maximum atomic E-state index is 12.9. The first-order valence-electron chi connectivity index (χ1n) is 9.58. The summed E-state index contributed by atoms with van der Waals surface area (Å²) in [7, 11) is 1.88. The van der Waals surface area contributed by atoms with Crippen molar-refractivity contribution in [2.24, 2.45) is 13.0 Å². The number of nitrogens with zero attached hydrogens (tertiary/aromatic N) is 2. The quantitative estimate of drug-likeness (QED) is 0.508. The number of aromatic nitrogens is 2. The van der Waals surface area contributed by atoms with E-state index in [0.717, 1.165) is 27.7 Å².